The van der Waals surface area contributed by atoms with Gasteiger partial charge in [0.05, 0.1) is 16.4 Å². The Morgan fingerprint density at radius 2 is 2.12 bits per heavy atom. The molecule has 0 spiro atoms. The van der Waals surface area contributed by atoms with Crippen LogP contribution in [0.3, 0.4) is 0 Å². The Morgan fingerprint density at radius 3 is 2.88 bits per heavy atom. The maximum atomic E-state index is 5.93. The lowest BCUT2D eigenvalue weighted by atomic mass is 10.2. The molecule has 0 radical (unpaired) electrons. The Kier molecular flexibility index (Phi) is 3.70. The highest BCUT2D eigenvalue weighted by Gasteiger charge is 2.02. The van der Waals surface area contributed by atoms with Crippen molar-refractivity contribution in [1.29, 1.82) is 0 Å². The molecule has 2 aromatic rings. The van der Waals surface area contributed by atoms with Gasteiger partial charge >= 0.3 is 0 Å². The van der Waals surface area contributed by atoms with Gasteiger partial charge < -0.3 is 11.1 Å². The Labute approximate surface area is 104 Å². The number of para-hydroxylation sites is 1. The first-order valence-corrected chi connectivity index (χ1v) is 6.33. The van der Waals surface area contributed by atoms with Crippen LogP contribution in [0.4, 0.5) is 11.4 Å². The molecule has 1 aromatic carbocycles. The van der Waals surface area contributed by atoms with Gasteiger partial charge in [0.1, 0.15) is 0 Å². The van der Waals surface area contributed by atoms with Gasteiger partial charge in [0.25, 0.3) is 0 Å². The van der Waals surface area contributed by atoms with Gasteiger partial charge in [-0.15, -0.1) is 11.3 Å². The van der Waals surface area contributed by atoms with E-state index in [9.17, 15) is 0 Å². The minimum absolute atomic E-state index is 0.598. The second-order valence-corrected chi connectivity index (χ2v) is 4.90. The van der Waals surface area contributed by atoms with Gasteiger partial charge in [-0.1, -0.05) is 23.7 Å². The Morgan fingerprint density at radius 1 is 1.25 bits per heavy atom. The highest BCUT2D eigenvalue weighted by Crippen LogP contribution is 2.26. The van der Waals surface area contributed by atoms with Gasteiger partial charge in [-0.3, -0.25) is 0 Å². The largest absolute Gasteiger partial charge is 0.396 e. The summed E-state index contributed by atoms with van der Waals surface area (Å²) in [4.78, 5) is 1.37. The van der Waals surface area contributed by atoms with Gasteiger partial charge in [0.15, 0.2) is 0 Å². The molecule has 0 saturated carbocycles. The smallest absolute Gasteiger partial charge is 0.0739 e. The Balaban J connectivity index is 1.92. The fourth-order valence-electron chi connectivity index (χ4n) is 1.47. The normalized spacial score (nSPS) is 10.3. The highest BCUT2D eigenvalue weighted by molar-refractivity contribution is 7.09. The van der Waals surface area contributed by atoms with E-state index >= 15 is 0 Å². The number of hydrogen-bond donors (Lipinski definition) is 2. The number of nitrogens with one attached hydrogen (secondary N) is 1. The van der Waals surface area contributed by atoms with Gasteiger partial charge in [-0.25, -0.2) is 0 Å². The molecule has 0 amide bonds. The summed E-state index contributed by atoms with van der Waals surface area (Å²) in [7, 11) is 0. The summed E-state index contributed by atoms with van der Waals surface area (Å²) >= 11 is 7.70. The molecule has 0 saturated heterocycles. The number of nitrogens with two attached hydrogens (primary N) is 1. The summed E-state index contributed by atoms with van der Waals surface area (Å²) in [6, 6.07) is 9.82. The van der Waals surface area contributed by atoms with Crippen LogP contribution in [0.5, 0.6) is 0 Å². The number of hydrogen-bond acceptors (Lipinski definition) is 3. The van der Waals surface area contributed by atoms with Crippen molar-refractivity contribution in [3.8, 4) is 0 Å². The summed E-state index contributed by atoms with van der Waals surface area (Å²) < 4.78 is 0. The molecule has 0 unspecified atom stereocenters. The van der Waals surface area contributed by atoms with E-state index in [4.69, 9.17) is 17.3 Å². The summed E-state index contributed by atoms with van der Waals surface area (Å²) in [6.45, 7) is 0.866. The standard InChI is InChI=1S/C12H13ClN2S/c13-10-4-1-5-11(12(10)14)15-7-6-9-3-2-8-16-9/h1-5,8,15H,6-7,14H2. The van der Waals surface area contributed by atoms with Crippen molar-refractivity contribution in [3.63, 3.8) is 0 Å². The van der Waals surface area contributed by atoms with E-state index in [1.165, 1.54) is 4.88 Å². The summed E-state index contributed by atoms with van der Waals surface area (Å²) in [5, 5.41) is 5.97. The second-order valence-electron chi connectivity index (χ2n) is 3.46. The molecule has 0 bridgehead atoms. The molecular weight excluding hydrogens is 240 g/mol. The highest BCUT2D eigenvalue weighted by atomic mass is 35.5. The molecule has 0 atom stereocenters. The van der Waals surface area contributed by atoms with Crippen molar-refractivity contribution >= 4 is 34.3 Å². The van der Waals surface area contributed by atoms with Crippen molar-refractivity contribution in [3.05, 3.63) is 45.6 Å². The Hall–Kier alpha value is -1.19. The van der Waals surface area contributed by atoms with Crippen LogP contribution in [0.1, 0.15) is 4.88 Å². The zero-order valence-corrected chi connectivity index (χ0v) is 10.3. The van der Waals surface area contributed by atoms with Crippen molar-refractivity contribution < 1.29 is 0 Å². The third kappa shape index (κ3) is 2.68. The third-order valence-electron chi connectivity index (χ3n) is 2.32. The molecule has 0 aliphatic rings. The van der Waals surface area contributed by atoms with E-state index in [0.29, 0.717) is 10.7 Å². The summed E-state index contributed by atoms with van der Waals surface area (Å²) in [5.41, 5.74) is 7.38. The number of halogens is 1. The molecule has 1 aromatic heterocycles. The maximum Gasteiger partial charge on any atom is 0.0739 e. The quantitative estimate of drug-likeness (QED) is 0.816. The number of benzene rings is 1. The van der Waals surface area contributed by atoms with E-state index in [1.807, 2.05) is 12.1 Å². The summed E-state index contributed by atoms with van der Waals surface area (Å²) in [5.74, 6) is 0. The van der Waals surface area contributed by atoms with Crippen molar-refractivity contribution in [2.75, 3.05) is 17.6 Å². The van der Waals surface area contributed by atoms with Gasteiger partial charge in [-0.2, -0.15) is 0 Å². The second kappa shape index (κ2) is 5.23. The number of nitrogen functional groups attached to an aromatic ring is 1. The molecule has 2 nitrogen and oxygen atoms in total. The fourth-order valence-corrected chi connectivity index (χ4v) is 2.35. The first-order chi connectivity index (χ1) is 7.77. The molecule has 3 N–H and O–H groups in total. The molecule has 0 fully saturated rings. The zero-order valence-electron chi connectivity index (χ0n) is 8.74. The van der Waals surface area contributed by atoms with Gasteiger partial charge in [0.2, 0.25) is 0 Å². The van der Waals surface area contributed by atoms with E-state index in [-0.39, 0.29) is 0 Å². The lowest BCUT2D eigenvalue weighted by Crippen LogP contribution is -2.06. The van der Waals surface area contributed by atoms with Crippen LogP contribution < -0.4 is 11.1 Å². The van der Waals surface area contributed by atoms with Crippen LogP contribution in [0.15, 0.2) is 35.7 Å². The molecular formula is C12H13ClN2S. The van der Waals surface area contributed by atoms with Crippen LogP contribution in [0.2, 0.25) is 5.02 Å². The van der Waals surface area contributed by atoms with Gasteiger partial charge in [0, 0.05) is 11.4 Å². The maximum absolute atomic E-state index is 5.93. The number of rotatable bonds is 4. The SMILES string of the molecule is Nc1c(Cl)cccc1NCCc1cccs1. The van der Waals surface area contributed by atoms with Crippen LogP contribution in [-0.2, 0) is 6.42 Å². The average molecular weight is 253 g/mol. The molecule has 2 rings (SSSR count). The third-order valence-corrected chi connectivity index (χ3v) is 3.59. The summed E-state index contributed by atoms with van der Waals surface area (Å²) in [6.07, 6.45) is 1.00. The topological polar surface area (TPSA) is 38.0 Å². The molecule has 0 aliphatic carbocycles. The van der Waals surface area contributed by atoms with Crippen LogP contribution in [0.25, 0.3) is 0 Å². The molecule has 0 aliphatic heterocycles. The van der Waals surface area contributed by atoms with Crippen LogP contribution in [-0.4, -0.2) is 6.54 Å². The van der Waals surface area contributed by atoms with Crippen LogP contribution in [0, 0.1) is 0 Å². The van der Waals surface area contributed by atoms with E-state index in [1.54, 1.807) is 17.4 Å². The first kappa shape index (κ1) is 11.3. The predicted octanol–water partition coefficient (Wildman–Crippen LogP) is 3.64. The molecule has 4 heteroatoms. The first-order valence-electron chi connectivity index (χ1n) is 5.07. The zero-order chi connectivity index (χ0) is 11.4. The van der Waals surface area contributed by atoms with Crippen molar-refractivity contribution in [1.82, 2.24) is 0 Å². The molecule has 1 heterocycles. The van der Waals surface area contributed by atoms with Crippen molar-refractivity contribution in [2.24, 2.45) is 0 Å². The predicted molar refractivity (Wildman–Crippen MR) is 72.4 cm³/mol. The average Bonchev–Trinajstić information content (AvgIpc) is 2.77. The van der Waals surface area contributed by atoms with Crippen LogP contribution >= 0.6 is 22.9 Å². The molecule has 16 heavy (non-hydrogen) atoms. The number of thiophene rings is 1. The monoisotopic (exact) mass is 252 g/mol. The minimum Gasteiger partial charge on any atom is -0.396 e. The number of anilines is 2. The van der Waals surface area contributed by atoms with Crippen molar-refractivity contribution in [2.45, 2.75) is 6.42 Å². The lowest BCUT2D eigenvalue weighted by molar-refractivity contribution is 1.05. The minimum atomic E-state index is 0.598. The lowest BCUT2D eigenvalue weighted by Gasteiger charge is -2.09. The van der Waals surface area contributed by atoms with E-state index in [0.717, 1.165) is 18.7 Å². The van der Waals surface area contributed by atoms with E-state index < -0.39 is 0 Å². The van der Waals surface area contributed by atoms with Gasteiger partial charge in [-0.05, 0) is 30.0 Å². The molecule has 84 valence electrons. The fraction of sp³-hybridized carbons (Fsp3) is 0.167. The van der Waals surface area contributed by atoms with E-state index in [2.05, 4.69) is 22.8 Å². The Bertz CT molecular complexity index is 454.